The monoisotopic (exact) mass is 413 g/mol. The minimum absolute atomic E-state index is 0.0119. The number of amides is 2. The Morgan fingerprint density at radius 3 is 2.82 bits per heavy atom. The number of aromatic amines is 1. The van der Waals surface area contributed by atoms with Gasteiger partial charge < -0.3 is 15.2 Å². The van der Waals surface area contributed by atoms with Gasteiger partial charge >= 0.3 is 0 Å². The number of hydrogen-bond acceptors (Lipinski definition) is 3. The third-order valence-corrected chi connectivity index (χ3v) is 6.43. The van der Waals surface area contributed by atoms with E-state index in [1.807, 2.05) is 36.2 Å². The molecule has 28 heavy (non-hydrogen) atoms. The van der Waals surface area contributed by atoms with Crippen LogP contribution in [-0.2, 0) is 0 Å². The molecular formula is C21H20ClN3O2S. The molecule has 1 atom stereocenters. The van der Waals surface area contributed by atoms with Crippen molar-refractivity contribution >= 4 is 39.8 Å². The number of carbonyl (C=O) groups excluding carboxylic acids is 2. The fourth-order valence-corrected chi connectivity index (χ4v) is 4.84. The van der Waals surface area contributed by atoms with Crippen LogP contribution in [-0.4, -0.2) is 28.2 Å². The van der Waals surface area contributed by atoms with Gasteiger partial charge in [-0.15, -0.1) is 11.3 Å². The number of halogens is 1. The summed E-state index contributed by atoms with van der Waals surface area (Å²) in [6, 6.07) is 12.8. The van der Waals surface area contributed by atoms with Crippen LogP contribution >= 0.6 is 22.9 Å². The Kier molecular flexibility index (Phi) is 5.24. The molecule has 144 valence electrons. The van der Waals surface area contributed by atoms with Crippen LogP contribution in [0.4, 0.5) is 5.00 Å². The van der Waals surface area contributed by atoms with E-state index in [2.05, 4.69) is 10.3 Å². The lowest BCUT2D eigenvalue weighted by Gasteiger charge is -2.23. The van der Waals surface area contributed by atoms with Crippen molar-refractivity contribution < 1.29 is 9.59 Å². The molecule has 7 heteroatoms. The van der Waals surface area contributed by atoms with Gasteiger partial charge in [0.1, 0.15) is 0 Å². The Morgan fingerprint density at radius 2 is 2.07 bits per heavy atom. The van der Waals surface area contributed by atoms with E-state index in [9.17, 15) is 9.59 Å². The largest absolute Gasteiger partial charge is 0.363 e. The molecule has 1 aliphatic heterocycles. The zero-order valence-electron chi connectivity index (χ0n) is 15.4. The molecule has 1 aromatic carbocycles. The van der Waals surface area contributed by atoms with Gasteiger partial charge in [-0.25, -0.2) is 0 Å². The summed E-state index contributed by atoms with van der Waals surface area (Å²) in [5.41, 5.74) is 2.34. The van der Waals surface area contributed by atoms with Crippen molar-refractivity contribution in [3.63, 3.8) is 0 Å². The van der Waals surface area contributed by atoms with E-state index in [-0.39, 0.29) is 17.9 Å². The molecule has 0 saturated carbocycles. The Labute approximate surface area is 172 Å². The Bertz CT molecular complexity index is 1010. The number of H-pyrrole nitrogens is 1. The summed E-state index contributed by atoms with van der Waals surface area (Å²) in [4.78, 5) is 31.5. The van der Waals surface area contributed by atoms with E-state index in [0.29, 0.717) is 20.5 Å². The second-order valence-corrected chi connectivity index (χ2v) is 8.30. The van der Waals surface area contributed by atoms with E-state index >= 15 is 0 Å². The maximum Gasteiger partial charge on any atom is 0.264 e. The van der Waals surface area contributed by atoms with Crippen molar-refractivity contribution in [3.05, 3.63) is 75.4 Å². The van der Waals surface area contributed by atoms with E-state index < -0.39 is 0 Å². The maximum absolute atomic E-state index is 13.2. The zero-order valence-corrected chi connectivity index (χ0v) is 16.9. The Hall–Kier alpha value is -2.57. The van der Waals surface area contributed by atoms with Gasteiger partial charge in [-0.2, -0.15) is 0 Å². The SMILES string of the molecule is Cc1cc(NC(=O)c2ccccc2Cl)sc1C(=O)N1CCC[C@@H]1c1ccc[nH]1. The summed E-state index contributed by atoms with van der Waals surface area (Å²) in [7, 11) is 0. The van der Waals surface area contributed by atoms with Crippen molar-refractivity contribution in [1.29, 1.82) is 0 Å². The highest BCUT2D eigenvalue weighted by atomic mass is 35.5. The molecule has 0 aliphatic carbocycles. The summed E-state index contributed by atoms with van der Waals surface area (Å²) in [6.07, 6.45) is 3.82. The number of hydrogen-bond donors (Lipinski definition) is 2. The van der Waals surface area contributed by atoms with E-state index in [1.54, 1.807) is 24.3 Å². The van der Waals surface area contributed by atoms with Crippen molar-refractivity contribution in [3.8, 4) is 0 Å². The smallest absolute Gasteiger partial charge is 0.264 e. The Balaban J connectivity index is 1.53. The average Bonchev–Trinajstić information content (AvgIpc) is 3.42. The van der Waals surface area contributed by atoms with Crippen LogP contribution in [0, 0.1) is 6.92 Å². The van der Waals surface area contributed by atoms with Gasteiger partial charge in [0.05, 0.1) is 26.5 Å². The molecule has 0 bridgehead atoms. The number of rotatable bonds is 4. The molecule has 0 unspecified atom stereocenters. The third kappa shape index (κ3) is 3.57. The number of benzene rings is 1. The lowest BCUT2D eigenvalue weighted by molar-refractivity contribution is 0.0737. The molecule has 0 radical (unpaired) electrons. The van der Waals surface area contributed by atoms with Crippen molar-refractivity contribution in [2.45, 2.75) is 25.8 Å². The predicted molar refractivity (Wildman–Crippen MR) is 112 cm³/mol. The molecule has 1 fully saturated rings. The Morgan fingerprint density at radius 1 is 1.25 bits per heavy atom. The number of carbonyl (C=O) groups is 2. The molecular weight excluding hydrogens is 394 g/mol. The van der Waals surface area contributed by atoms with Crippen LogP contribution in [0.15, 0.2) is 48.7 Å². The number of aromatic nitrogens is 1. The summed E-state index contributed by atoms with van der Waals surface area (Å²) < 4.78 is 0. The first kappa shape index (κ1) is 18.8. The highest BCUT2D eigenvalue weighted by Crippen LogP contribution is 2.35. The van der Waals surface area contributed by atoms with E-state index in [4.69, 9.17) is 11.6 Å². The minimum Gasteiger partial charge on any atom is -0.363 e. The van der Waals surface area contributed by atoms with Crippen LogP contribution in [0.1, 0.15) is 50.2 Å². The molecule has 2 N–H and O–H groups in total. The molecule has 5 nitrogen and oxygen atoms in total. The lowest BCUT2D eigenvalue weighted by atomic mass is 10.1. The first-order chi connectivity index (χ1) is 13.5. The number of thiophene rings is 1. The predicted octanol–water partition coefficient (Wildman–Crippen LogP) is 5.27. The summed E-state index contributed by atoms with van der Waals surface area (Å²) >= 11 is 7.41. The number of aryl methyl sites for hydroxylation is 1. The van der Waals surface area contributed by atoms with Gasteiger partial charge in [-0.1, -0.05) is 23.7 Å². The van der Waals surface area contributed by atoms with Gasteiger partial charge in [0.2, 0.25) is 0 Å². The minimum atomic E-state index is -0.281. The van der Waals surface area contributed by atoms with Crippen LogP contribution in [0.2, 0.25) is 5.02 Å². The maximum atomic E-state index is 13.2. The summed E-state index contributed by atoms with van der Waals surface area (Å²) in [5, 5.41) is 3.90. The number of likely N-dealkylation sites (tertiary alicyclic amines) is 1. The fourth-order valence-electron chi connectivity index (χ4n) is 3.60. The molecule has 1 aliphatic rings. The number of nitrogens with one attached hydrogen (secondary N) is 2. The van der Waals surface area contributed by atoms with Gasteiger partial charge in [0.25, 0.3) is 11.8 Å². The van der Waals surface area contributed by atoms with Gasteiger partial charge in [-0.05, 0) is 55.7 Å². The number of nitrogens with zero attached hydrogens (tertiary/aromatic N) is 1. The molecule has 3 aromatic rings. The molecule has 2 amide bonds. The van der Waals surface area contributed by atoms with Crippen molar-refractivity contribution in [2.24, 2.45) is 0 Å². The second kappa shape index (κ2) is 7.81. The van der Waals surface area contributed by atoms with E-state index in [0.717, 1.165) is 30.6 Å². The highest BCUT2D eigenvalue weighted by molar-refractivity contribution is 7.18. The van der Waals surface area contributed by atoms with Gasteiger partial charge in [0.15, 0.2) is 0 Å². The topological polar surface area (TPSA) is 65.2 Å². The summed E-state index contributed by atoms with van der Waals surface area (Å²) in [6.45, 7) is 2.63. The molecule has 2 aromatic heterocycles. The average molecular weight is 414 g/mol. The van der Waals surface area contributed by atoms with Crippen molar-refractivity contribution in [1.82, 2.24) is 9.88 Å². The standard InChI is InChI=1S/C21H20ClN3O2S/c1-13-12-18(24-20(26)14-6-2-3-7-15(14)22)28-19(13)21(27)25-11-5-9-17(25)16-8-4-10-23-16/h2-4,6-8,10,12,17,23H,5,9,11H2,1H3,(H,24,26)/t17-/m1/s1. The lowest BCUT2D eigenvalue weighted by Crippen LogP contribution is -2.30. The van der Waals surface area contributed by atoms with Crippen LogP contribution in [0.5, 0.6) is 0 Å². The fraction of sp³-hybridized carbons (Fsp3) is 0.238. The second-order valence-electron chi connectivity index (χ2n) is 6.84. The van der Waals surface area contributed by atoms with Gasteiger partial charge in [0, 0.05) is 18.4 Å². The van der Waals surface area contributed by atoms with Crippen LogP contribution in [0.25, 0.3) is 0 Å². The molecule has 4 rings (SSSR count). The first-order valence-electron chi connectivity index (χ1n) is 9.15. The van der Waals surface area contributed by atoms with E-state index in [1.165, 1.54) is 11.3 Å². The van der Waals surface area contributed by atoms with Crippen LogP contribution in [0.3, 0.4) is 0 Å². The molecule has 3 heterocycles. The molecule has 1 saturated heterocycles. The highest BCUT2D eigenvalue weighted by Gasteiger charge is 2.32. The number of anilines is 1. The van der Waals surface area contributed by atoms with Crippen molar-refractivity contribution in [2.75, 3.05) is 11.9 Å². The van der Waals surface area contributed by atoms with Gasteiger partial charge in [-0.3, -0.25) is 9.59 Å². The van der Waals surface area contributed by atoms with Crippen LogP contribution < -0.4 is 5.32 Å². The summed E-state index contributed by atoms with van der Waals surface area (Å²) in [5.74, 6) is -0.269. The first-order valence-corrected chi connectivity index (χ1v) is 10.3. The third-order valence-electron chi connectivity index (χ3n) is 4.96. The molecule has 0 spiro atoms. The quantitative estimate of drug-likeness (QED) is 0.612. The normalized spacial score (nSPS) is 16.4. The zero-order chi connectivity index (χ0) is 19.7.